The van der Waals surface area contributed by atoms with Gasteiger partial charge in [0.05, 0.1) is 30.2 Å². The molecule has 2 aromatic rings. The fourth-order valence-corrected chi connectivity index (χ4v) is 4.32. The van der Waals surface area contributed by atoms with Crippen molar-refractivity contribution in [3.05, 3.63) is 10.4 Å². The van der Waals surface area contributed by atoms with E-state index in [0.717, 1.165) is 34.0 Å². The molecule has 0 saturated carbocycles. The lowest BCUT2D eigenvalue weighted by molar-refractivity contribution is -0.0379. The normalized spacial score (nSPS) is 18.0. The van der Waals surface area contributed by atoms with Gasteiger partial charge in [-0.25, -0.2) is 9.97 Å². The van der Waals surface area contributed by atoms with E-state index in [2.05, 4.69) is 36.1 Å². The summed E-state index contributed by atoms with van der Waals surface area (Å²) < 4.78 is 5.94. The number of nitrogens with one attached hydrogen (secondary N) is 1. The standard InChI is InChI=1S/C16H23N3O2S2/c1-5-9(7-20)17-13-12-10-6-16(2,3)21-8-11(10)23-14(12)19-15(18-13)22-4/h9,20H,5-8H2,1-4H3,(H,17,18,19)/t9-/m1/s1. The molecule has 0 fully saturated rings. The second-order valence-corrected chi connectivity index (χ2v) is 8.26. The Morgan fingerprint density at radius 1 is 1.43 bits per heavy atom. The van der Waals surface area contributed by atoms with E-state index in [1.165, 1.54) is 22.2 Å². The van der Waals surface area contributed by atoms with Gasteiger partial charge in [0.1, 0.15) is 10.6 Å². The molecule has 0 spiro atoms. The van der Waals surface area contributed by atoms with E-state index in [-0.39, 0.29) is 18.2 Å². The first-order valence-electron chi connectivity index (χ1n) is 7.85. The van der Waals surface area contributed by atoms with Crippen LogP contribution in [0.2, 0.25) is 0 Å². The highest BCUT2D eigenvalue weighted by atomic mass is 32.2. The molecular weight excluding hydrogens is 330 g/mol. The highest BCUT2D eigenvalue weighted by Gasteiger charge is 2.31. The van der Waals surface area contributed by atoms with Gasteiger partial charge in [-0.2, -0.15) is 0 Å². The molecule has 0 aliphatic carbocycles. The maximum Gasteiger partial charge on any atom is 0.190 e. The van der Waals surface area contributed by atoms with Crippen molar-refractivity contribution in [3.8, 4) is 0 Å². The van der Waals surface area contributed by atoms with E-state index in [1.54, 1.807) is 11.3 Å². The maximum atomic E-state index is 9.53. The van der Waals surface area contributed by atoms with E-state index >= 15 is 0 Å². The summed E-state index contributed by atoms with van der Waals surface area (Å²) >= 11 is 3.23. The Bertz CT molecular complexity index is 711. The zero-order chi connectivity index (χ0) is 16.6. The van der Waals surface area contributed by atoms with E-state index in [1.807, 2.05) is 6.26 Å². The van der Waals surface area contributed by atoms with Gasteiger partial charge in [0.2, 0.25) is 0 Å². The van der Waals surface area contributed by atoms with Gasteiger partial charge in [0, 0.05) is 11.3 Å². The summed E-state index contributed by atoms with van der Waals surface area (Å²) in [6.07, 6.45) is 3.68. The van der Waals surface area contributed by atoms with Crippen LogP contribution >= 0.6 is 23.1 Å². The van der Waals surface area contributed by atoms with E-state index in [0.29, 0.717) is 6.61 Å². The third-order valence-electron chi connectivity index (χ3n) is 4.15. The zero-order valence-electron chi connectivity index (χ0n) is 14.0. The van der Waals surface area contributed by atoms with Crippen molar-refractivity contribution >= 4 is 39.1 Å². The molecule has 5 nitrogen and oxygen atoms in total. The summed E-state index contributed by atoms with van der Waals surface area (Å²) in [7, 11) is 0. The van der Waals surface area contributed by atoms with Crippen LogP contribution < -0.4 is 5.32 Å². The van der Waals surface area contributed by atoms with Crippen molar-refractivity contribution in [1.82, 2.24) is 9.97 Å². The van der Waals surface area contributed by atoms with Crippen LogP contribution in [0.1, 0.15) is 37.6 Å². The van der Waals surface area contributed by atoms with Crippen LogP contribution in [0, 0.1) is 0 Å². The van der Waals surface area contributed by atoms with Crippen LogP contribution in [0.3, 0.4) is 0 Å². The topological polar surface area (TPSA) is 67.3 Å². The molecule has 0 amide bonds. The van der Waals surface area contributed by atoms with Crippen LogP contribution in [0.25, 0.3) is 10.2 Å². The molecule has 3 heterocycles. The Morgan fingerprint density at radius 3 is 2.87 bits per heavy atom. The molecule has 2 N–H and O–H groups in total. The van der Waals surface area contributed by atoms with Gasteiger partial charge >= 0.3 is 0 Å². The van der Waals surface area contributed by atoms with Gasteiger partial charge in [0.25, 0.3) is 0 Å². The lowest BCUT2D eigenvalue weighted by Gasteiger charge is -2.30. The molecule has 0 saturated heterocycles. The highest BCUT2D eigenvalue weighted by molar-refractivity contribution is 7.98. The summed E-state index contributed by atoms with van der Waals surface area (Å²) in [4.78, 5) is 11.6. The number of hydrogen-bond donors (Lipinski definition) is 2. The number of ether oxygens (including phenoxy) is 1. The third kappa shape index (κ3) is 3.33. The largest absolute Gasteiger partial charge is 0.394 e. The second kappa shape index (κ2) is 6.55. The number of aliphatic hydroxyl groups is 1. The molecule has 1 aliphatic heterocycles. The number of thioether (sulfide) groups is 1. The van der Waals surface area contributed by atoms with Crippen molar-refractivity contribution in [2.24, 2.45) is 0 Å². The van der Waals surface area contributed by atoms with Crippen molar-refractivity contribution in [2.45, 2.75) is 57.0 Å². The Kier molecular flexibility index (Phi) is 4.83. The molecule has 2 aromatic heterocycles. The van der Waals surface area contributed by atoms with Gasteiger partial charge in [-0.3, -0.25) is 0 Å². The minimum Gasteiger partial charge on any atom is -0.394 e. The number of hydrogen-bond acceptors (Lipinski definition) is 7. The van der Waals surface area contributed by atoms with Crippen LogP contribution in [0.4, 0.5) is 5.82 Å². The Labute approximate surface area is 144 Å². The molecule has 0 unspecified atom stereocenters. The summed E-state index contributed by atoms with van der Waals surface area (Å²) in [5.41, 5.74) is 1.13. The van der Waals surface area contributed by atoms with Crippen LogP contribution in [0.5, 0.6) is 0 Å². The summed E-state index contributed by atoms with van der Waals surface area (Å²) in [5.74, 6) is 0.843. The highest BCUT2D eigenvalue weighted by Crippen LogP contribution is 2.41. The molecule has 1 aliphatic rings. The molecular formula is C16H23N3O2S2. The minimum atomic E-state index is -0.169. The molecule has 1 atom stereocenters. The van der Waals surface area contributed by atoms with Crippen molar-refractivity contribution < 1.29 is 9.84 Å². The number of nitrogens with zero attached hydrogens (tertiary/aromatic N) is 2. The average molecular weight is 354 g/mol. The number of fused-ring (bicyclic) bond motifs is 3. The molecule has 0 bridgehead atoms. The van der Waals surface area contributed by atoms with Crippen LogP contribution in [-0.4, -0.2) is 39.6 Å². The Balaban J connectivity index is 2.14. The number of anilines is 1. The molecule has 0 aromatic carbocycles. The molecule has 0 radical (unpaired) electrons. The van der Waals surface area contributed by atoms with Gasteiger partial charge in [0.15, 0.2) is 5.16 Å². The molecule has 126 valence electrons. The summed E-state index contributed by atoms with van der Waals surface area (Å²) in [5, 5.41) is 14.8. The fraction of sp³-hybridized carbons (Fsp3) is 0.625. The van der Waals surface area contributed by atoms with Gasteiger partial charge < -0.3 is 15.2 Å². The summed E-state index contributed by atoms with van der Waals surface area (Å²) in [6.45, 7) is 7.02. The average Bonchev–Trinajstić information content (AvgIpc) is 2.88. The van der Waals surface area contributed by atoms with Gasteiger partial charge in [-0.05, 0) is 32.1 Å². The number of thiophene rings is 1. The van der Waals surface area contributed by atoms with Gasteiger partial charge in [-0.1, -0.05) is 18.7 Å². The monoisotopic (exact) mass is 353 g/mol. The predicted octanol–water partition coefficient (Wildman–Crippen LogP) is 3.45. The first-order chi connectivity index (χ1) is 11.0. The lowest BCUT2D eigenvalue weighted by atomic mass is 9.94. The zero-order valence-corrected chi connectivity index (χ0v) is 15.6. The molecule has 23 heavy (non-hydrogen) atoms. The lowest BCUT2D eigenvalue weighted by Crippen LogP contribution is -2.31. The van der Waals surface area contributed by atoms with E-state index in [4.69, 9.17) is 4.74 Å². The minimum absolute atomic E-state index is 0.00575. The Morgan fingerprint density at radius 2 is 2.22 bits per heavy atom. The molecule has 3 rings (SSSR count). The number of aromatic nitrogens is 2. The molecule has 7 heteroatoms. The SMILES string of the molecule is CC[C@H](CO)Nc1nc(SC)nc2sc3c(c12)CC(C)(C)OC3. The number of aliphatic hydroxyl groups excluding tert-OH is 1. The number of rotatable bonds is 5. The van der Waals surface area contributed by atoms with Crippen LogP contribution in [0.15, 0.2) is 5.16 Å². The van der Waals surface area contributed by atoms with Crippen LogP contribution in [-0.2, 0) is 17.8 Å². The Hall–Kier alpha value is -0.890. The smallest absolute Gasteiger partial charge is 0.190 e. The first kappa shape index (κ1) is 17.0. The predicted molar refractivity (Wildman–Crippen MR) is 96.6 cm³/mol. The quantitative estimate of drug-likeness (QED) is 0.634. The van der Waals surface area contributed by atoms with Crippen molar-refractivity contribution in [2.75, 3.05) is 18.2 Å². The van der Waals surface area contributed by atoms with Crippen molar-refractivity contribution in [1.29, 1.82) is 0 Å². The van der Waals surface area contributed by atoms with E-state index in [9.17, 15) is 5.11 Å². The maximum absolute atomic E-state index is 9.53. The fourth-order valence-electron chi connectivity index (χ4n) is 2.79. The second-order valence-electron chi connectivity index (χ2n) is 6.40. The van der Waals surface area contributed by atoms with Crippen molar-refractivity contribution in [3.63, 3.8) is 0 Å². The first-order valence-corrected chi connectivity index (χ1v) is 9.89. The third-order valence-corrected chi connectivity index (χ3v) is 5.79. The van der Waals surface area contributed by atoms with Gasteiger partial charge in [-0.15, -0.1) is 11.3 Å². The van der Waals surface area contributed by atoms with E-state index < -0.39 is 0 Å². The summed E-state index contributed by atoms with van der Waals surface area (Å²) in [6, 6.07) is 0.00575.